The molecule has 0 fully saturated rings. The molecule has 4 nitrogen and oxygen atoms in total. The van der Waals surface area contributed by atoms with Crippen molar-refractivity contribution in [3.05, 3.63) is 23.5 Å². The van der Waals surface area contributed by atoms with E-state index < -0.39 is 0 Å². The van der Waals surface area contributed by atoms with Crippen LogP contribution in [0.4, 0.5) is 5.69 Å². The van der Waals surface area contributed by atoms with Gasteiger partial charge in [-0.2, -0.15) is 0 Å². The highest BCUT2D eigenvalue weighted by atomic mass is 16.3. The van der Waals surface area contributed by atoms with Crippen molar-refractivity contribution >= 4 is 5.69 Å². The molecule has 84 valence electrons. The number of hydrogen-bond donors (Lipinski definition) is 2. The molecule has 0 saturated carbocycles. The Morgan fingerprint density at radius 1 is 1.40 bits per heavy atom. The number of rotatable bonds is 5. The minimum atomic E-state index is -0.0233. The molecule has 1 heterocycles. The summed E-state index contributed by atoms with van der Waals surface area (Å²) < 4.78 is 0. The number of pyridine rings is 1. The molecule has 0 spiro atoms. The molecule has 1 aromatic rings. The Morgan fingerprint density at radius 2 is 2.13 bits per heavy atom. The first kappa shape index (κ1) is 11.9. The second kappa shape index (κ2) is 5.68. The lowest BCUT2D eigenvalue weighted by molar-refractivity contribution is 0.280. The largest absolute Gasteiger partial charge is 0.395 e. The maximum Gasteiger partial charge on any atom is 0.0717 e. The number of aromatic nitrogens is 1. The van der Waals surface area contributed by atoms with Crippen LogP contribution in [0.2, 0.25) is 0 Å². The van der Waals surface area contributed by atoms with Crippen LogP contribution in [0.25, 0.3) is 0 Å². The smallest absolute Gasteiger partial charge is 0.0717 e. The van der Waals surface area contributed by atoms with E-state index in [0.717, 1.165) is 23.5 Å². The van der Waals surface area contributed by atoms with Crippen molar-refractivity contribution in [2.24, 2.45) is 0 Å². The number of aryl methyl sites for hydroxylation is 1. The van der Waals surface area contributed by atoms with E-state index in [-0.39, 0.29) is 13.2 Å². The number of nitrogens with zero attached hydrogens (tertiary/aromatic N) is 2. The van der Waals surface area contributed by atoms with Crippen molar-refractivity contribution in [2.75, 3.05) is 24.6 Å². The fraction of sp³-hybridized carbons (Fsp3) is 0.545. The molecule has 4 heteroatoms. The summed E-state index contributed by atoms with van der Waals surface area (Å²) in [5.74, 6) is 0. The van der Waals surface area contributed by atoms with Crippen molar-refractivity contribution in [3.8, 4) is 0 Å². The van der Waals surface area contributed by atoms with Gasteiger partial charge in [0.2, 0.25) is 0 Å². The Morgan fingerprint density at radius 3 is 2.67 bits per heavy atom. The second-order valence-electron chi connectivity index (χ2n) is 3.42. The average molecular weight is 210 g/mol. The molecule has 0 atom stereocenters. The van der Waals surface area contributed by atoms with E-state index in [0.29, 0.717) is 6.54 Å². The first-order chi connectivity index (χ1) is 7.22. The normalized spacial score (nSPS) is 10.4. The highest BCUT2D eigenvalue weighted by molar-refractivity contribution is 5.53. The Balaban J connectivity index is 3.02. The first-order valence-electron chi connectivity index (χ1n) is 5.15. The quantitative estimate of drug-likeness (QED) is 0.751. The molecule has 0 radical (unpaired) electrons. The van der Waals surface area contributed by atoms with Gasteiger partial charge in [-0.3, -0.25) is 4.98 Å². The van der Waals surface area contributed by atoms with Gasteiger partial charge in [-0.15, -0.1) is 0 Å². The van der Waals surface area contributed by atoms with Crippen LogP contribution >= 0.6 is 0 Å². The Bertz CT molecular complexity index is 315. The molecular weight excluding hydrogens is 192 g/mol. The predicted octanol–water partition coefficient (Wildman–Crippen LogP) is 0.701. The van der Waals surface area contributed by atoms with Gasteiger partial charge in [0, 0.05) is 36.2 Å². The Kier molecular flexibility index (Phi) is 4.52. The summed E-state index contributed by atoms with van der Waals surface area (Å²) >= 11 is 0. The molecule has 15 heavy (non-hydrogen) atoms. The molecule has 0 saturated heterocycles. The maximum absolute atomic E-state index is 9.19. The summed E-state index contributed by atoms with van der Waals surface area (Å²) in [6.07, 6.45) is 1.69. The topological polar surface area (TPSA) is 56.6 Å². The van der Waals surface area contributed by atoms with Crippen molar-refractivity contribution in [2.45, 2.75) is 20.5 Å². The molecule has 2 N–H and O–H groups in total. The second-order valence-corrected chi connectivity index (χ2v) is 3.42. The minimum absolute atomic E-state index is 0.0233. The summed E-state index contributed by atoms with van der Waals surface area (Å²) in [5, 5.41) is 18.1. The molecule has 0 aromatic carbocycles. The van der Waals surface area contributed by atoms with Crippen molar-refractivity contribution in [1.82, 2.24) is 4.98 Å². The molecule has 0 amide bonds. The van der Waals surface area contributed by atoms with Crippen LogP contribution in [0.3, 0.4) is 0 Å². The van der Waals surface area contributed by atoms with Crippen LogP contribution in [0, 0.1) is 6.92 Å². The zero-order chi connectivity index (χ0) is 11.3. The number of aliphatic hydroxyl groups is 2. The number of aliphatic hydroxyl groups excluding tert-OH is 2. The predicted molar refractivity (Wildman–Crippen MR) is 59.9 cm³/mol. The molecular formula is C11H18N2O2. The van der Waals surface area contributed by atoms with Crippen LogP contribution in [-0.2, 0) is 6.61 Å². The third kappa shape index (κ3) is 2.91. The molecule has 0 aliphatic heterocycles. The highest BCUT2D eigenvalue weighted by Gasteiger charge is 2.09. The van der Waals surface area contributed by atoms with Gasteiger partial charge in [0.15, 0.2) is 0 Å². The molecule has 0 aliphatic rings. The van der Waals surface area contributed by atoms with Gasteiger partial charge < -0.3 is 15.1 Å². The summed E-state index contributed by atoms with van der Waals surface area (Å²) in [6, 6.07) is 1.94. The fourth-order valence-electron chi connectivity index (χ4n) is 1.56. The number of likely N-dealkylation sites (N-methyl/N-ethyl adjacent to an activating group) is 1. The lowest BCUT2D eigenvalue weighted by Crippen LogP contribution is -2.27. The number of anilines is 1. The minimum Gasteiger partial charge on any atom is -0.395 e. The van der Waals surface area contributed by atoms with E-state index in [4.69, 9.17) is 5.11 Å². The van der Waals surface area contributed by atoms with E-state index in [2.05, 4.69) is 4.98 Å². The van der Waals surface area contributed by atoms with Gasteiger partial charge in [0.05, 0.1) is 13.2 Å². The van der Waals surface area contributed by atoms with Crippen LogP contribution in [0.1, 0.15) is 18.2 Å². The van der Waals surface area contributed by atoms with Crippen LogP contribution < -0.4 is 4.90 Å². The lowest BCUT2D eigenvalue weighted by atomic mass is 10.2. The van der Waals surface area contributed by atoms with Crippen molar-refractivity contribution in [1.29, 1.82) is 0 Å². The molecule has 0 bridgehead atoms. The van der Waals surface area contributed by atoms with E-state index in [9.17, 15) is 5.11 Å². The third-order valence-electron chi connectivity index (χ3n) is 2.36. The Hall–Kier alpha value is -1.13. The van der Waals surface area contributed by atoms with Gasteiger partial charge in [0.25, 0.3) is 0 Å². The van der Waals surface area contributed by atoms with Gasteiger partial charge in [-0.05, 0) is 19.9 Å². The highest BCUT2D eigenvalue weighted by Crippen LogP contribution is 2.20. The zero-order valence-electron chi connectivity index (χ0n) is 9.27. The monoisotopic (exact) mass is 210 g/mol. The summed E-state index contributed by atoms with van der Waals surface area (Å²) in [5.41, 5.74) is 2.68. The standard InChI is InChI=1S/C11H18N2O2/c1-3-13(4-5-14)11-6-9(2)12-7-10(11)8-15/h6-7,14-15H,3-5,8H2,1-2H3. The van der Waals surface area contributed by atoms with Crippen LogP contribution in [-0.4, -0.2) is 34.9 Å². The van der Waals surface area contributed by atoms with Gasteiger partial charge in [-0.1, -0.05) is 0 Å². The summed E-state index contributed by atoms with van der Waals surface area (Å²) in [6.45, 7) is 5.40. The van der Waals surface area contributed by atoms with Crippen molar-refractivity contribution in [3.63, 3.8) is 0 Å². The summed E-state index contributed by atoms with van der Waals surface area (Å²) in [7, 11) is 0. The van der Waals surface area contributed by atoms with Gasteiger partial charge in [0.1, 0.15) is 0 Å². The fourth-order valence-corrected chi connectivity index (χ4v) is 1.56. The third-order valence-corrected chi connectivity index (χ3v) is 2.36. The van der Waals surface area contributed by atoms with Gasteiger partial charge >= 0.3 is 0 Å². The van der Waals surface area contributed by atoms with E-state index in [1.54, 1.807) is 6.20 Å². The molecule has 1 rings (SSSR count). The lowest BCUT2D eigenvalue weighted by Gasteiger charge is -2.24. The molecule has 0 unspecified atom stereocenters. The number of hydrogen-bond acceptors (Lipinski definition) is 4. The Labute approximate surface area is 90.2 Å². The molecule has 0 aliphatic carbocycles. The SMILES string of the molecule is CCN(CCO)c1cc(C)ncc1CO. The molecule has 1 aromatic heterocycles. The van der Waals surface area contributed by atoms with Crippen LogP contribution in [0.5, 0.6) is 0 Å². The van der Waals surface area contributed by atoms with Crippen LogP contribution in [0.15, 0.2) is 12.3 Å². The maximum atomic E-state index is 9.19. The zero-order valence-corrected chi connectivity index (χ0v) is 9.27. The first-order valence-corrected chi connectivity index (χ1v) is 5.15. The van der Waals surface area contributed by atoms with Crippen molar-refractivity contribution < 1.29 is 10.2 Å². The van der Waals surface area contributed by atoms with E-state index in [1.165, 1.54) is 0 Å². The average Bonchev–Trinajstić information content (AvgIpc) is 2.26. The van der Waals surface area contributed by atoms with Gasteiger partial charge in [-0.25, -0.2) is 0 Å². The summed E-state index contributed by atoms with van der Waals surface area (Å²) in [4.78, 5) is 6.17. The van der Waals surface area contributed by atoms with E-state index in [1.807, 2.05) is 24.8 Å². The van der Waals surface area contributed by atoms with E-state index >= 15 is 0 Å².